The highest BCUT2D eigenvalue weighted by atomic mass is 16.5. The Hall–Kier alpha value is -3.35. The second-order valence-corrected chi connectivity index (χ2v) is 5.08. The number of ether oxygens (including phenoxy) is 2. The molecule has 2 aromatic carbocycles. The van der Waals surface area contributed by atoms with Crippen LogP contribution in [0.5, 0.6) is 11.5 Å². The Kier molecular flexibility index (Phi) is 6.11. The van der Waals surface area contributed by atoms with Crippen LogP contribution < -0.4 is 20.2 Å². The molecule has 0 bridgehead atoms. The number of rotatable bonds is 5. The normalized spacial score (nSPS) is 10.4. The second kappa shape index (κ2) is 8.49. The molecule has 0 radical (unpaired) electrons. The van der Waals surface area contributed by atoms with Gasteiger partial charge < -0.3 is 14.8 Å². The van der Waals surface area contributed by atoms with Crippen LogP contribution in [-0.4, -0.2) is 32.2 Å². The number of hydrazone groups is 1. The molecule has 7 nitrogen and oxygen atoms in total. The fourth-order valence-corrected chi connectivity index (χ4v) is 2.04. The van der Waals surface area contributed by atoms with Crippen molar-refractivity contribution >= 4 is 23.7 Å². The number of carbonyl (C=O) groups is 2. The van der Waals surface area contributed by atoms with Gasteiger partial charge in [-0.3, -0.25) is 9.59 Å². The van der Waals surface area contributed by atoms with E-state index in [0.29, 0.717) is 22.7 Å². The van der Waals surface area contributed by atoms with E-state index < -0.39 is 11.8 Å². The summed E-state index contributed by atoms with van der Waals surface area (Å²) in [7, 11) is 3.06. The second-order valence-electron chi connectivity index (χ2n) is 5.08. The predicted octanol–water partition coefficient (Wildman–Crippen LogP) is 2.10. The van der Waals surface area contributed by atoms with Crippen molar-refractivity contribution in [1.29, 1.82) is 0 Å². The van der Waals surface area contributed by atoms with Gasteiger partial charge >= 0.3 is 11.8 Å². The molecule has 2 N–H and O–H groups in total. The van der Waals surface area contributed by atoms with Crippen LogP contribution in [0.1, 0.15) is 11.1 Å². The highest BCUT2D eigenvalue weighted by Gasteiger charge is 2.13. The van der Waals surface area contributed by atoms with Gasteiger partial charge in [0.1, 0.15) is 11.5 Å². The van der Waals surface area contributed by atoms with E-state index in [0.717, 1.165) is 5.56 Å². The van der Waals surface area contributed by atoms with Gasteiger partial charge in [0.15, 0.2) is 0 Å². The lowest BCUT2D eigenvalue weighted by Crippen LogP contribution is -2.32. The lowest BCUT2D eigenvalue weighted by Gasteiger charge is -2.07. The third-order valence-corrected chi connectivity index (χ3v) is 3.41. The van der Waals surface area contributed by atoms with E-state index in [1.54, 1.807) is 37.4 Å². The molecule has 0 saturated heterocycles. The van der Waals surface area contributed by atoms with E-state index in [1.165, 1.54) is 13.3 Å². The van der Waals surface area contributed by atoms with Gasteiger partial charge in [-0.15, -0.1) is 0 Å². The van der Waals surface area contributed by atoms with Crippen molar-refractivity contribution in [2.45, 2.75) is 6.92 Å². The molecule has 0 aromatic heterocycles. The van der Waals surface area contributed by atoms with E-state index in [2.05, 4.69) is 15.8 Å². The third-order valence-electron chi connectivity index (χ3n) is 3.41. The molecule has 0 aliphatic rings. The van der Waals surface area contributed by atoms with Crippen LogP contribution in [0.2, 0.25) is 0 Å². The zero-order valence-corrected chi connectivity index (χ0v) is 14.2. The van der Waals surface area contributed by atoms with Gasteiger partial charge in [0.05, 0.1) is 20.4 Å². The summed E-state index contributed by atoms with van der Waals surface area (Å²) in [6.07, 6.45) is 1.38. The van der Waals surface area contributed by atoms with Gasteiger partial charge in [0.2, 0.25) is 0 Å². The number of methoxy groups -OCH3 is 2. The van der Waals surface area contributed by atoms with Gasteiger partial charge in [-0.05, 0) is 36.8 Å². The summed E-state index contributed by atoms with van der Waals surface area (Å²) in [6, 6.07) is 12.3. The number of carbonyl (C=O) groups excluding carboxylic acids is 2. The predicted molar refractivity (Wildman–Crippen MR) is 95.1 cm³/mol. The minimum atomic E-state index is -0.874. The molecule has 0 unspecified atom stereocenters. The standard InChI is InChI=1S/C18H19N3O4/c1-12-6-4-5-7-15(12)20-17(22)18(23)21-19-11-13-10-14(24-2)8-9-16(13)25-3/h4-11H,1-3H3,(H,20,22)(H,21,23). The minimum Gasteiger partial charge on any atom is -0.497 e. The first-order valence-corrected chi connectivity index (χ1v) is 7.47. The molecule has 0 spiro atoms. The SMILES string of the molecule is COc1ccc(OC)c(C=NNC(=O)C(=O)Nc2ccccc2C)c1. The Labute approximate surface area is 145 Å². The Morgan fingerprint density at radius 3 is 2.48 bits per heavy atom. The van der Waals surface area contributed by atoms with Gasteiger partial charge in [-0.25, -0.2) is 5.43 Å². The van der Waals surface area contributed by atoms with Crippen molar-refractivity contribution < 1.29 is 19.1 Å². The molecule has 0 saturated carbocycles. The highest BCUT2D eigenvalue weighted by molar-refractivity contribution is 6.39. The smallest absolute Gasteiger partial charge is 0.329 e. The topological polar surface area (TPSA) is 89.0 Å². The van der Waals surface area contributed by atoms with Crippen molar-refractivity contribution in [2.24, 2.45) is 5.10 Å². The number of nitrogens with zero attached hydrogens (tertiary/aromatic N) is 1. The molecule has 130 valence electrons. The number of aryl methyl sites for hydroxylation is 1. The molecule has 2 aromatic rings. The Balaban J connectivity index is 2.00. The van der Waals surface area contributed by atoms with Crippen molar-refractivity contribution in [2.75, 3.05) is 19.5 Å². The summed E-state index contributed by atoms with van der Waals surface area (Å²) < 4.78 is 10.3. The molecule has 2 rings (SSSR count). The third kappa shape index (κ3) is 4.81. The molecule has 0 aliphatic heterocycles. The molecule has 25 heavy (non-hydrogen) atoms. The molecule has 0 heterocycles. The van der Waals surface area contributed by atoms with E-state index in [9.17, 15) is 9.59 Å². The summed E-state index contributed by atoms with van der Waals surface area (Å²) in [4.78, 5) is 23.7. The minimum absolute atomic E-state index is 0.558. The van der Waals surface area contributed by atoms with Crippen molar-refractivity contribution in [1.82, 2.24) is 5.43 Å². The van der Waals surface area contributed by atoms with Gasteiger partial charge in [-0.2, -0.15) is 5.10 Å². The molecule has 0 atom stereocenters. The average Bonchev–Trinajstić information content (AvgIpc) is 2.63. The highest BCUT2D eigenvalue weighted by Crippen LogP contribution is 2.22. The van der Waals surface area contributed by atoms with E-state index >= 15 is 0 Å². The Morgan fingerprint density at radius 2 is 1.80 bits per heavy atom. The van der Waals surface area contributed by atoms with Crippen LogP contribution >= 0.6 is 0 Å². The van der Waals surface area contributed by atoms with Crippen LogP contribution in [0.3, 0.4) is 0 Å². The number of benzene rings is 2. The van der Waals surface area contributed by atoms with Crippen LogP contribution in [0.4, 0.5) is 5.69 Å². The summed E-state index contributed by atoms with van der Waals surface area (Å²) in [5.74, 6) is -0.501. The molecule has 0 aliphatic carbocycles. The zero-order chi connectivity index (χ0) is 18.2. The summed E-state index contributed by atoms with van der Waals surface area (Å²) in [5.41, 5.74) is 4.21. The van der Waals surface area contributed by atoms with E-state index in [1.807, 2.05) is 19.1 Å². The number of amides is 2. The fourth-order valence-electron chi connectivity index (χ4n) is 2.04. The Bertz CT molecular complexity index is 803. The monoisotopic (exact) mass is 341 g/mol. The maximum absolute atomic E-state index is 11.9. The largest absolute Gasteiger partial charge is 0.497 e. The Morgan fingerprint density at radius 1 is 1.04 bits per heavy atom. The number of hydrogen-bond donors (Lipinski definition) is 2. The lowest BCUT2D eigenvalue weighted by atomic mass is 10.2. The number of nitrogens with one attached hydrogen (secondary N) is 2. The van der Waals surface area contributed by atoms with Crippen molar-refractivity contribution in [3.8, 4) is 11.5 Å². The zero-order valence-electron chi connectivity index (χ0n) is 14.2. The summed E-state index contributed by atoms with van der Waals surface area (Å²) in [5, 5.41) is 6.32. The van der Waals surface area contributed by atoms with Crippen molar-refractivity contribution in [3.63, 3.8) is 0 Å². The van der Waals surface area contributed by atoms with E-state index in [4.69, 9.17) is 9.47 Å². The summed E-state index contributed by atoms with van der Waals surface area (Å²) >= 11 is 0. The fraction of sp³-hybridized carbons (Fsp3) is 0.167. The first kappa shape index (κ1) is 18.0. The lowest BCUT2D eigenvalue weighted by molar-refractivity contribution is -0.136. The van der Waals surface area contributed by atoms with Crippen LogP contribution in [0.25, 0.3) is 0 Å². The molecular formula is C18H19N3O4. The molecule has 7 heteroatoms. The van der Waals surface area contributed by atoms with Gasteiger partial charge in [0, 0.05) is 11.3 Å². The van der Waals surface area contributed by atoms with Crippen LogP contribution in [0.15, 0.2) is 47.6 Å². The average molecular weight is 341 g/mol. The van der Waals surface area contributed by atoms with Gasteiger partial charge in [0.25, 0.3) is 0 Å². The number of hydrogen-bond acceptors (Lipinski definition) is 5. The van der Waals surface area contributed by atoms with Crippen LogP contribution in [0, 0.1) is 6.92 Å². The molecular weight excluding hydrogens is 322 g/mol. The molecule has 2 amide bonds. The summed E-state index contributed by atoms with van der Waals surface area (Å²) in [6.45, 7) is 1.83. The number of anilines is 1. The van der Waals surface area contributed by atoms with Crippen molar-refractivity contribution in [3.05, 3.63) is 53.6 Å². The first-order valence-electron chi connectivity index (χ1n) is 7.47. The number of para-hydroxylation sites is 1. The quantitative estimate of drug-likeness (QED) is 0.495. The maximum atomic E-state index is 11.9. The van der Waals surface area contributed by atoms with Gasteiger partial charge in [-0.1, -0.05) is 18.2 Å². The first-order chi connectivity index (χ1) is 12.0. The maximum Gasteiger partial charge on any atom is 0.329 e. The van der Waals surface area contributed by atoms with Crippen LogP contribution in [-0.2, 0) is 9.59 Å². The van der Waals surface area contributed by atoms with E-state index in [-0.39, 0.29) is 0 Å². The molecule has 0 fully saturated rings.